The Balaban J connectivity index is 2.49. The minimum absolute atomic E-state index is 0.00962. The molecule has 0 aliphatic carbocycles. The Morgan fingerprint density at radius 3 is 2.19 bits per heavy atom. The predicted octanol–water partition coefficient (Wildman–Crippen LogP) is 4.75. The molecule has 2 atom stereocenters. The first-order valence-corrected chi connectivity index (χ1v) is 12.6. The van der Waals surface area contributed by atoms with Crippen LogP contribution in [0.2, 0.25) is 0 Å². The molecule has 3 N–H and O–H groups in total. The third-order valence-corrected chi connectivity index (χ3v) is 5.81. The van der Waals surface area contributed by atoms with Crippen molar-refractivity contribution in [3.63, 3.8) is 0 Å². The number of rotatable bonds is 9. The van der Waals surface area contributed by atoms with Crippen molar-refractivity contribution in [2.24, 2.45) is 0 Å². The summed E-state index contributed by atoms with van der Waals surface area (Å²) in [6.45, 7) is 11.0. The fourth-order valence-electron chi connectivity index (χ4n) is 3.82. The maximum atomic E-state index is 13.8. The maximum absolute atomic E-state index is 13.8. The van der Waals surface area contributed by atoms with Crippen LogP contribution >= 0.6 is 12.6 Å². The van der Waals surface area contributed by atoms with Gasteiger partial charge in [-0.15, -0.1) is 0 Å². The number of aryl methyl sites for hydroxylation is 2. The molecule has 2 rings (SSSR count). The highest BCUT2D eigenvalue weighted by molar-refractivity contribution is 7.80. The molecule has 0 fully saturated rings. The molecule has 196 valence electrons. The van der Waals surface area contributed by atoms with Gasteiger partial charge < -0.3 is 25.4 Å². The van der Waals surface area contributed by atoms with Crippen molar-refractivity contribution in [2.75, 3.05) is 17.6 Å². The van der Waals surface area contributed by atoms with Crippen molar-refractivity contribution in [1.82, 2.24) is 10.2 Å². The van der Waals surface area contributed by atoms with Crippen LogP contribution in [0.4, 0.5) is 10.5 Å². The number of ether oxygens (including phenoxy) is 1. The van der Waals surface area contributed by atoms with E-state index in [9.17, 15) is 19.5 Å². The number of nitrogens with one attached hydrogen (secondary N) is 2. The molecule has 0 saturated carbocycles. The van der Waals surface area contributed by atoms with Crippen molar-refractivity contribution in [3.05, 3.63) is 59.2 Å². The number of thiol groups is 1. The van der Waals surface area contributed by atoms with Crippen molar-refractivity contribution in [3.8, 4) is 5.75 Å². The van der Waals surface area contributed by atoms with Gasteiger partial charge in [-0.3, -0.25) is 9.59 Å². The van der Waals surface area contributed by atoms with E-state index in [0.29, 0.717) is 12.1 Å². The van der Waals surface area contributed by atoms with Gasteiger partial charge in [-0.1, -0.05) is 43.3 Å². The Hall–Kier alpha value is -3.20. The summed E-state index contributed by atoms with van der Waals surface area (Å²) >= 11 is 4.27. The SMILES string of the molecule is CCCN(C(=O)C(CS)NC(=O)OC(C)(C)C)C(C(=O)Nc1c(C)cccc1C)c1ccccc1O. The maximum Gasteiger partial charge on any atom is 0.408 e. The number of phenolic OH excluding ortho intramolecular Hbond substituents is 1. The highest BCUT2D eigenvalue weighted by Crippen LogP contribution is 2.32. The van der Waals surface area contributed by atoms with Crippen molar-refractivity contribution in [2.45, 2.75) is 65.6 Å². The average molecular weight is 516 g/mol. The molecule has 36 heavy (non-hydrogen) atoms. The summed E-state index contributed by atoms with van der Waals surface area (Å²) in [5, 5.41) is 16.2. The van der Waals surface area contributed by atoms with Crippen molar-refractivity contribution < 1.29 is 24.2 Å². The average Bonchev–Trinajstić information content (AvgIpc) is 2.79. The van der Waals surface area contributed by atoms with Crippen molar-refractivity contribution in [1.29, 1.82) is 0 Å². The highest BCUT2D eigenvalue weighted by atomic mass is 32.1. The first kappa shape index (κ1) is 29.0. The second-order valence-corrected chi connectivity index (χ2v) is 10.00. The lowest BCUT2D eigenvalue weighted by atomic mass is 10.0. The number of hydrogen-bond donors (Lipinski definition) is 4. The number of amides is 3. The molecule has 2 aromatic rings. The number of anilines is 1. The van der Waals surface area contributed by atoms with Crippen LogP contribution < -0.4 is 10.6 Å². The van der Waals surface area contributed by atoms with Gasteiger partial charge in [0.1, 0.15) is 23.4 Å². The normalized spacial score (nSPS) is 12.9. The summed E-state index contributed by atoms with van der Waals surface area (Å²) in [4.78, 5) is 41.3. The fraction of sp³-hybridized carbons (Fsp3) is 0.444. The second kappa shape index (κ2) is 12.7. The molecule has 2 aromatic carbocycles. The number of nitrogens with zero attached hydrogens (tertiary/aromatic N) is 1. The number of alkyl carbamates (subject to hydrolysis) is 1. The summed E-state index contributed by atoms with van der Waals surface area (Å²) < 4.78 is 5.30. The number of phenols is 1. The molecule has 2 unspecified atom stereocenters. The molecule has 0 aromatic heterocycles. The molecule has 0 aliphatic rings. The lowest BCUT2D eigenvalue weighted by Gasteiger charge is -2.34. The van der Waals surface area contributed by atoms with E-state index in [1.807, 2.05) is 39.0 Å². The zero-order chi connectivity index (χ0) is 27.0. The Morgan fingerprint density at radius 1 is 1.06 bits per heavy atom. The number of carbonyl (C=O) groups excluding carboxylic acids is 3. The Morgan fingerprint density at radius 2 is 1.67 bits per heavy atom. The lowest BCUT2D eigenvalue weighted by Crippen LogP contribution is -2.53. The third kappa shape index (κ3) is 7.65. The molecule has 9 heteroatoms. The monoisotopic (exact) mass is 515 g/mol. The summed E-state index contributed by atoms with van der Waals surface area (Å²) in [6, 6.07) is 9.88. The van der Waals surface area contributed by atoms with Crippen LogP contribution in [-0.4, -0.2) is 51.9 Å². The van der Waals surface area contributed by atoms with Gasteiger partial charge in [-0.2, -0.15) is 12.6 Å². The van der Waals surface area contributed by atoms with E-state index in [4.69, 9.17) is 4.74 Å². The molecule has 0 heterocycles. The van der Waals surface area contributed by atoms with E-state index in [2.05, 4.69) is 23.3 Å². The van der Waals surface area contributed by atoms with Gasteiger partial charge in [0, 0.05) is 23.5 Å². The van der Waals surface area contributed by atoms with E-state index in [0.717, 1.165) is 11.1 Å². The van der Waals surface area contributed by atoms with Crippen LogP contribution in [0.15, 0.2) is 42.5 Å². The Kier molecular flexibility index (Phi) is 10.2. The van der Waals surface area contributed by atoms with E-state index in [-0.39, 0.29) is 23.6 Å². The summed E-state index contributed by atoms with van der Waals surface area (Å²) in [5.41, 5.74) is 1.91. The zero-order valence-electron chi connectivity index (χ0n) is 21.8. The van der Waals surface area contributed by atoms with Gasteiger partial charge in [0.05, 0.1) is 0 Å². The number of hydrogen-bond acceptors (Lipinski definition) is 6. The molecule has 0 radical (unpaired) electrons. The van der Waals surface area contributed by atoms with Gasteiger partial charge >= 0.3 is 6.09 Å². The van der Waals surface area contributed by atoms with Crippen molar-refractivity contribution >= 4 is 36.2 Å². The van der Waals surface area contributed by atoms with Gasteiger partial charge in [0.25, 0.3) is 5.91 Å². The topological polar surface area (TPSA) is 108 Å². The van der Waals surface area contributed by atoms with Gasteiger partial charge in [0.2, 0.25) is 5.91 Å². The van der Waals surface area contributed by atoms with Gasteiger partial charge in [-0.05, 0) is 58.2 Å². The zero-order valence-corrected chi connectivity index (χ0v) is 22.7. The number of aromatic hydroxyl groups is 1. The van der Waals surface area contributed by atoms with Crippen LogP contribution in [0, 0.1) is 13.8 Å². The summed E-state index contributed by atoms with van der Waals surface area (Å²) in [5.74, 6) is -1.12. The molecule has 3 amide bonds. The van der Waals surface area contributed by atoms with Gasteiger partial charge in [-0.25, -0.2) is 4.79 Å². The Labute approximate surface area is 218 Å². The summed E-state index contributed by atoms with van der Waals surface area (Å²) in [6.07, 6.45) is -0.219. The quantitative estimate of drug-likeness (QED) is 0.361. The number of carbonyl (C=O) groups is 3. The van der Waals surface area contributed by atoms with E-state index < -0.39 is 35.6 Å². The minimum atomic E-state index is -1.15. The van der Waals surface area contributed by atoms with Crippen LogP contribution in [0.3, 0.4) is 0 Å². The molecule has 0 bridgehead atoms. The first-order valence-electron chi connectivity index (χ1n) is 11.9. The Bertz CT molecular complexity index is 1060. The number of para-hydroxylation sites is 2. The summed E-state index contributed by atoms with van der Waals surface area (Å²) in [7, 11) is 0. The largest absolute Gasteiger partial charge is 0.508 e. The molecular formula is C27H37N3O5S. The molecule has 0 saturated heterocycles. The molecular weight excluding hydrogens is 478 g/mol. The number of benzene rings is 2. The van der Waals surface area contributed by atoms with E-state index in [1.54, 1.807) is 39.0 Å². The second-order valence-electron chi connectivity index (χ2n) is 9.63. The minimum Gasteiger partial charge on any atom is -0.508 e. The van der Waals surface area contributed by atoms with Crippen LogP contribution in [0.5, 0.6) is 5.75 Å². The molecule has 0 aliphatic heterocycles. The van der Waals surface area contributed by atoms with E-state index >= 15 is 0 Å². The fourth-order valence-corrected chi connectivity index (χ4v) is 4.06. The lowest BCUT2D eigenvalue weighted by molar-refractivity contribution is -0.140. The smallest absolute Gasteiger partial charge is 0.408 e. The highest BCUT2D eigenvalue weighted by Gasteiger charge is 2.37. The standard InChI is InChI=1S/C27H37N3O5S/c1-7-15-30(25(33)20(16-36)28-26(34)35-27(4,5)6)23(19-13-8-9-14-21(19)31)24(32)29-22-17(2)11-10-12-18(22)3/h8-14,20,23,31,36H,7,15-16H2,1-6H3,(H,28,34)(H,29,32). The van der Waals surface area contributed by atoms with Crippen LogP contribution in [-0.2, 0) is 14.3 Å². The molecule has 0 spiro atoms. The third-order valence-electron chi connectivity index (χ3n) is 5.44. The molecule has 8 nitrogen and oxygen atoms in total. The van der Waals surface area contributed by atoms with E-state index in [1.165, 1.54) is 11.0 Å². The van der Waals surface area contributed by atoms with Crippen LogP contribution in [0.25, 0.3) is 0 Å². The predicted molar refractivity (Wildman–Crippen MR) is 144 cm³/mol. The first-order chi connectivity index (χ1) is 16.9. The van der Waals surface area contributed by atoms with Gasteiger partial charge in [0.15, 0.2) is 0 Å². The van der Waals surface area contributed by atoms with Crippen LogP contribution in [0.1, 0.15) is 56.8 Å².